The smallest absolute Gasteiger partial charge is 0.125 e. The lowest BCUT2D eigenvalue weighted by atomic mass is 10.1. The Morgan fingerprint density at radius 2 is 2.41 bits per heavy atom. The van der Waals surface area contributed by atoms with Crippen LogP contribution in [0, 0.1) is 0 Å². The molecule has 1 aliphatic rings. The lowest BCUT2D eigenvalue weighted by Gasteiger charge is -2.16. The van der Waals surface area contributed by atoms with Gasteiger partial charge in [-0.05, 0) is 31.9 Å². The van der Waals surface area contributed by atoms with Gasteiger partial charge in [0.2, 0.25) is 0 Å². The van der Waals surface area contributed by atoms with E-state index in [1.807, 2.05) is 25.1 Å². The zero-order chi connectivity index (χ0) is 12.3. The van der Waals surface area contributed by atoms with E-state index in [1.165, 1.54) is 0 Å². The normalized spacial score (nSPS) is 21.5. The van der Waals surface area contributed by atoms with Crippen molar-refractivity contribution in [3.63, 3.8) is 0 Å². The topological polar surface area (TPSA) is 44.5 Å². The number of benzene rings is 1. The first-order valence-electron chi connectivity index (χ1n) is 5.96. The molecule has 1 aromatic carbocycles. The van der Waals surface area contributed by atoms with Crippen LogP contribution in [0.25, 0.3) is 0 Å². The monoisotopic (exact) mass is 299 g/mol. The maximum atomic E-state index is 5.92. The second-order valence-corrected chi connectivity index (χ2v) is 5.33. The molecule has 17 heavy (non-hydrogen) atoms. The standard InChI is InChI=1S/C13H18BrNO2/c1-9(15)12-5-4-10(14)7-13(12)17-8-11-3-2-6-16-11/h4-5,7,9,11H,2-3,6,8,15H2,1H3/t9-,11?/m1/s1. The number of hydrogen-bond donors (Lipinski definition) is 1. The number of halogens is 1. The van der Waals surface area contributed by atoms with E-state index in [2.05, 4.69) is 15.9 Å². The van der Waals surface area contributed by atoms with Crippen LogP contribution in [-0.4, -0.2) is 19.3 Å². The molecule has 3 nitrogen and oxygen atoms in total. The van der Waals surface area contributed by atoms with E-state index in [0.29, 0.717) is 6.61 Å². The Hall–Kier alpha value is -0.580. The van der Waals surface area contributed by atoms with Crippen molar-refractivity contribution in [1.82, 2.24) is 0 Å². The van der Waals surface area contributed by atoms with Crippen LogP contribution in [0.15, 0.2) is 22.7 Å². The van der Waals surface area contributed by atoms with Crippen molar-refractivity contribution in [2.75, 3.05) is 13.2 Å². The number of nitrogens with two attached hydrogens (primary N) is 1. The molecule has 1 aromatic rings. The van der Waals surface area contributed by atoms with Crippen LogP contribution in [0.1, 0.15) is 31.4 Å². The molecule has 0 spiro atoms. The molecule has 0 radical (unpaired) electrons. The first-order chi connectivity index (χ1) is 8.16. The van der Waals surface area contributed by atoms with Crippen LogP contribution in [0.3, 0.4) is 0 Å². The average molecular weight is 300 g/mol. The fourth-order valence-electron chi connectivity index (χ4n) is 1.97. The summed E-state index contributed by atoms with van der Waals surface area (Å²) in [6, 6.07) is 5.92. The Morgan fingerprint density at radius 1 is 1.59 bits per heavy atom. The summed E-state index contributed by atoms with van der Waals surface area (Å²) in [6.45, 7) is 3.42. The molecule has 2 atom stereocenters. The Bertz CT molecular complexity index is 376. The predicted molar refractivity (Wildman–Crippen MR) is 71.2 cm³/mol. The highest BCUT2D eigenvalue weighted by Crippen LogP contribution is 2.28. The SMILES string of the molecule is C[C@@H](N)c1ccc(Br)cc1OCC1CCCO1. The Labute approximate surface area is 110 Å². The molecule has 94 valence electrons. The molecule has 2 N–H and O–H groups in total. The molecule has 4 heteroatoms. The molecule has 1 saturated heterocycles. The van der Waals surface area contributed by atoms with Crippen LogP contribution < -0.4 is 10.5 Å². The van der Waals surface area contributed by atoms with E-state index >= 15 is 0 Å². The van der Waals surface area contributed by atoms with Crippen molar-refractivity contribution in [2.24, 2.45) is 5.73 Å². The van der Waals surface area contributed by atoms with Gasteiger partial charge in [-0.1, -0.05) is 22.0 Å². The molecule has 2 rings (SSSR count). The number of hydrogen-bond acceptors (Lipinski definition) is 3. The van der Waals surface area contributed by atoms with E-state index in [-0.39, 0.29) is 12.1 Å². The van der Waals surface area contributed by atoms with Gasteiger partial charge in [0, 0.05) is 22.7 Å². The fourth-order valence-corrected chi connectivity index (χ4v) is 2.31. The van der Waals surface area contributed by atoms with Crippen molar-refractivity contribution in [3.05, 3.63) is 28.2 Å². The van der Waals surface area contributed by atoms with Crippen LogP contribution in [0.5, 0.6) is 5.75 Å². The third kappa shape index (κ3) is 3.44. The van der Waals surface area contributed by atoms with Gasteiger partial charge in [-0.15, -0.1) is 0 Å². The van der Waals surface area contributed by atoms with Crippen molar-refractivity contribution in [1.29, 1.82) is 0 Å². The highest BCUT2D eigenvalue weighted by atomic mass is 79.9. The Balaban J connectivity index is 2.04. The summed E-state index contributed by atoms with van der Waals surface area (Å²) in [7, 11) is 0. The minimum atomic E-state index is -0.0254. The van der Waals surface area contributed by atoms with Crippen molar-refractivity contribution < 1.29 is 9.47 Å². The van der Waals surface area contributed by atoms with Crippen molar-refractivity contribution in [3.8, 4) is 5.75 Å². The lowest BCUT2D eigenvalue weighted by Crippen LogP contribution is -2.18. The maximum Gasteiger partial charge on any atom is 0.125 e. The third-order valence-corrected chi connectivity index (χ3v) is 3.41. The molecule has 0 saturated carbocycles. The highest BCUT2D eigenvalue weighted by Gasteiger charge is 2.17. The zero-order valence-electron chi connectivity index (χ0n) is 9.99. The largest absolute Gasteiger partial charge is 0.490 e. The molecular formula is C13H18BrNO2. The lowest BCUT2D eigenvalue weighted by molar-refractivity contribution is 0.0675. The summed E-state index contributed by atoms with van der Waals surface area (Å²) in [5.41, 5.74) is 6.96. The van der Waals surface area contributed by atoms with Crippen LogP contribution in [0.4, 0.5) is 0 Å². The molecule has 1 heterocycles. The summed E-state index contributed by atoms with van der Waals surface area (Å²) in [6.07, 6.45) is 2.45. The molecule has 1 unspecified atom stereocenters. The Morgan fingerprint density at radius 3 is 3.06 bits per heavy atom. The molecule has 1 fully saturated rings. The van der Waals surface area contributed by atoms with Gasteiger partial charge < -0.3 is 15.2 Å². The molecule has 0 aromatic heterocycles. The average Bonchev–Trinajstić information content (AvgIpc) is 2.78. The summed E-state index contributed by atoms with van der Waals surface area (Å²) >= 11 is 3.45. The van der Waals surface area contributed by atoms with E-state index < -0.39 is 0 Å². The zero-order valence-corrected chi connectivity index (χ0v) is 11.6. The van der Waals surface area contributed by atoms with Gasteiger partial charge in [-0.3, -0.25) is 0 Å². The van der Waals surface area contributed by atoms with Crippen molar-refractivity contribution >= 4 is 15.9 Å². The van der Waals surface area contributed by atoms with Crippen LogP contribution >= 0.6 is 15.9 Å². The Kier molecular flexibility index (Phi) is 4.42. The second kappa shape index (κ2) is 5.85. The quantitative estimate of drug-likeness (QED) is 0.929. The highest BCUT2D eigenvalue weighted by molar-refractivity contribution is 9.10. The summed E-state index contributed by atoms with van der Waals surface area (Å²) < 4.78 is 12.4. The van der Waals surface area contributed by atoms with E-state index in [1.54, 1.807) is 0 Å². The first-order valence-corrected chi connectivity index (χ1v) is 6.75. The van der Waals surface area contributed by atoms with Gasteiger partial charge in [-0.2, -0.15) is 0 Å². The predicted octanol–water partition coefficient (Wildman–Crippen LogP) is 3.03. The summed E-state index contributed by atoms with van der Waals surface area (Å²) in [4.78, 5) is 0. The van der Waals surface area contributed by atoms with Gasteiger partial charge in [0.15, 0.2) is 0 Å². The maximum absolute atomic E-state index is 5.92. The van der Waals surface area contributed by atoms with Gasteiger partial charge >= 0.3 is 0 Å². The number of rotatable bonds is 4. The van der Waals surface area contributed by atoms with Crippen molar-refractivity contribution in [2.45, 2.75) is 31.9 Å². The van der Waals surface area contributed by atoms with Crippen LogP contribution in [-0.2, 0) is 4.74 Å². The minimum Gasteiger partial charge on any atom is -0.490 e. The molecule has 0 aliphatic carbocycles. The molecular weight excluding hydrogens is 282 g/mol. The third-order valence-electron chi connectivity index (χ3n) is 2.91. The minimum absolute atomic E-state index is 0.0254. The molecule has 0 bridgehead atoms. The molecule has 1 aliphatic heterocycles. The van der Waals surface area contributed by atoms with E-state index in [4.69, 9.17) is 15.2 Å². The summed E-state index contributed by atoms with van der Waals surface area (Å²) in [5, 5.41) is 0. The van der Waals surface area contributed by atoms with Gasteiger partial charge in [-0.25, -0.2) is 0 Å². The molecule has 0 amide bonds. The summed E-state index contributed by atoms with van der Waals surface area (Å²) in [5.74, 6) is 0.852. The second-order valence-electron chi connectivity index (χ2n) is 4.42. The number of ether oxygens (including phenoxy) is 2. The van der Waals surface area contributed by atoms with Gasteiger partial charge in [0.05, 0.1) is 6.10 Å². The first kappa shape index (κ1) is 12.9. The van der Waals surface area contributed by atoms with Gasteiger partial charge in [0.25, 0.3) is 0 Å². The van der Waals surface area contributed by atoms with E-state index in [9.17, 15) is 0 Å². The van der Waals surface area contributed by atoms with E-state index in [0.717, 1.165) is 35.2 Å². The van der Waals surface area contributed by atoms with Crippen LogP contribution in [0.2, 0.25) is 0 Å². The fraction of sp³-hybridized carbons (Fsp3) is 0.538. The van der Waals surface area contributed by atoms with Gasteiger partial charge in [0.1, 0.15) is 12.4 Å².